The third-order valence-electron chi connectivity index (χ3n) is 3.96. The molecule has 1 aliphatic rings. The zero-order valence-electron chi connectivity index (χ0n) is 12.5. The second-order valence-electron chi connectivity index (χ2n) is 5.57. The lowest BCUT2D eigenvalue weighted by molar-refractivity contribution is -0.121. The highest BCUT2D eigenvalue weighted by atomic mass is 35.5. The molecule has 1 aromatic carbocycles. The molecule has 1 fully saturated rings. The first-order valence-corrected chi connectivity index (χ1v) is 7.37. The Morgan fingerprint density at radius 1 is 1.48 bits per heavy atom. The van der Waals surface area contributed by atoms with Gasteiger partial charge in [0.2, 0.25) is 5.91 Å². The van der Waals surface area contributed by atoms with Crippen molar-refractivity contribution in [2.24, 2.45) is 5.92 Å². The zero-order chi connectivity index (χ0) is 14.4. The summed E-state index contributed by atoms with van der Waals surface area (Å²) in [7, 11) is 0. The molecule has 1 atom stereocenters. The molecule has 1 saturated heterocycles. The van der Waals surface area contributed by atoms with Crippen molar-refractivity contribution in [3.63, 3.8) is 0 Å². The van der Waals surface area contributed by atoms with E-state index in [0.29, 0.717) is 18.9 Å². The van der Waals surface area contributed by atoms with Crippen LogP contribution in [0.25, 0.3) is 0 Å². The molecular weight excluding hydrogens is 291 g/mol. The predicted molar refractivity (Wildman–Crippen MR) is 85.3 cm³/mol. The van der Waals surface area contributed by atoms with Crippen LogP contribution in [0, 0.1) is 18.7 Å². The van der Waals surface area contributed by atoms with Crippen LogP contribution in [0.15, 0.2) is 18.2 Å². The number of rotatable bonds is 6. The van der Waals surface area contributed by atoms with Crippen molar-refractivity contribution in [1.82, 2.24) is 10.6 Å². The van der Waals surface area contributed by atoms with Crippen LogP contribution < -0.4 is 10.6 Å². The second-order valence-corrected chi connectivity index (χ2v) is 5.57. The summed E-state index contributed by atoms with van der Waals surface area (Å²) in [5, 5.41) is 6.25. The molecule has 1 heterocycles. The Morgan fingerprint density at radius 3 is 2.95 bits per heavy atom. The molecule has 5 heteroatoms. The smallest absolute Gasteiger partial charge is 0.220 e. The van der Waals surface area contributed by atoms with Gasteiger partial charge in [-0.3, -0.25) is 4.79 Å². The van der Waals surface area contributed by atoms with Gasteiger partial charge in [0.1, 0.15) is 5.82 Å². The Morgan fingerprint density at radius 2 is 2.29 bits per heavy atom. The summed E-state index contributed by atoms with van der Waals surface area (Å²) in [5.74, 6) is 0.567. The van der Waals surface area contributed by atoms with Gasteiger partial charge in [0.15, 0.2) is 0 Å². The average molecular weight is 315 g/mol. The number of amides is 1. The number of carbonyl (C=O) groups excluding carboxylic acids is 1. The Kier molecular flexibility index (Phi) is 7.68. The van der Waals surface area contributed by atoms with E-state index in [-0.39, 0.29) is 24.1 Å². The maximum Gasteiger partial charge on any atom is 0.220 e. The largest absolute Gasteiger partial charge is 0.356 e. The number of hydrogen-bond donors (Lipinski definition) is 2. The average Bonchev–Trinajstić information content (AvgIpc) is 2.92. The first kappa shape index (κ1) is 17.9. The highest BCUT2D eigenvalue weighted by molar-refractivity contribution is 5.85. The van der Waals surface area contributed by atoms with E-state index in [2.05, 4.69) is 10.6 Å². The molecule has 21 heavy (non-hydrogen) atoms. The lowest BCUT2D eigenvalue weighted by Crippen LogP contribution is -2.26. The molecule has 1 aromatic rings. The van der Waals surface area contributed by atoms with Gasteiger partial charge in [-0.05, 0) is 68.5 Å². The van der Waals surface area contributed by atoms with E-state index < -0.39 is 0 Å². The van der Waals surface area contributed by atoms with Crippen LogP contribution in [-0.4, -0.2) is 25.5 Å². The molecule has 118 valence electrons. The van der Waals surface area contributed by atoms with Crippen LogP contribution in [0.3, 0.4) is 0 Å². The van der Waals surface area contributed by atoms with Crippen molar-refractivity contribution in [3.05, 3.63) is 35.1 Å². The first-order chi connectivity index (χ1) is 9.65. The summed E-state index contributed by atoms with van der Waals surface area (Å²) in [6, 6.07) is 4.79. The fourth-order valence-electron chi connectivity index (χ4n) is 2.66. The zero-order valence-corrected chi connectivity index (χ0v) is 13.3. The van der Waals surface area contributed by atoms with E-state index >= 15 is 0 Å². The van der Waals surface area contributed by atoms with Crippen LogP contribution in [0.2, 0.25) is 0 Å². The third kappa shape index (κ3) is 6.02. The van der Waals surface area contributed by atoms with Crippen molar-refractivity contribution in [2.45, 2.75) is 32.6 Å². The quantitative estimate of drug-likeness (QED) is 0.847. The molecule has 2 rings (SSSR count). The van der Waals surface area contributed by atoms with E-state index in [0.717, 1.165) is 37.1 Å². The van der Waals surface area contributed by atoms with Gasteiger partial charge in [-0.15, -0.1) is 12.4 Å². The number of hydrogen-bond acceptors (Lipinski definition) is 2. The molecule has 1 amide bonds. The van der Waals surface area contributed by atoms with Crippen molar-refractivity contribution >= 4 is 18.3 Å². The number of nitrogens with one attached hydrogen (secondary N) is 2. The van der Waals surface area contributed by atoms with E-state index in [1.807, 2.05) is 6.92 Å². The van der Waals surface area contributed by atoms with Crippen molar-refractivity contribution < 1.29 is 9.18 Å². The monoisotopic (exact) mass is 314 g/mol. The number of halogens is 2. The van der Waals surface area contributed by atoms with E-state index in [9.17, 15) is 9.18 Å². The molecule has 0 aliphatic carbocycles. The number of carbonyl (C=O) groups is 1. The minimum Gasteiger partial charge on any atom is -0.356 e. The molecule has 2 N–H and O–H groups in total. The molecule has 1 unspecified atom stereocenters. The summed E-state index contributed by atoms with van der Waals surface area (Å²) < 4.78 is 13.0. The van der Waals surface area contributed by atoms with Crippen LogP contribution >= 0.6 is 12.4 Å². The van der Waals surface area contributed by atoms with E-state index in [4.69, 9.17) is 0 Å². The molecular formula is C16H24ClFN2O. The summed E-state index contributed by atoms with van der Waals surface area (Å²) in [4.78, 5) is 11.7. The fraction of sp³-hybridized carbons (Fsp3) is 0.562. The number of aryl methyl sites for hydroxylation is 1. The van der Waals surface area contributed by atoms with Crippen LogP contribution in [-0.2, 0) is 11.2 Å². The predicted octanol–water partition coefficient (Wildman–Crippen LogP) is 2.60. The minimum atomic E-state index is -0.208. The van der Waals surface area contributed by atoms with Gasteiger partial charge >= 0.3 is 0 Å². The van der Waals surface area contributed by atoms with E-state index in [1.54, 1.807) is 6.07 Å². The minimum absolute atomic E-state index is 0. The Labute approximate surface area is 132 Å². The summed E-state index contributed by atoms with van der Waals surface area (Å²) in [5.41, 5.74) is 2.03. The Bertz CT molecular complexity index is 462. The summed E-state index contributed by atoms with van der Waals surface area (Å²) in [6.07, 6.45) is 3.51. The first-order valence-electron chi connectivity index (χ1n) is 7.37. The highest BCUT2D eigenvalue weighted by Crippen LogP contribution is 2.14. The molecule has 0 saturated carbocycles. The lowest BCUT2D eigenvalue weighted by Gasteiger charge is -2.10. The molecule has 0 bridgehead atoms. The van der Waals surface area contributed by atoms with Crippen LogP contribution in [0.1, 0.15) is 30.4 Å². The lowest BCUT2D eigenvalue weighted by atomic mass is 10.0. The maximum absolute atomic E-state index is 13.0. The summed E-state index contributed by atoms with van der Waals surface area (Å²) >= 11 is 0. The SMILES string of the molecule is Cc1cc(F)ccc1CCNC(=O)CCC1CCNC1.Cl. The third-order valence-corrected chi connectivity index (χ3v) is 3.96. The van der Waals surface area contributed by atoms with Gasteiger partial charge in [-0.25, -0.2) is 4.39 Å². The van der Waals surface area contributed by atoms with Gasteiger partial charge in [0.05, 0.1) is 0 Å². The van der Waals surface area contributed by atoms with Crippen LogP contribution in [0.5, 0.6) is 0 Å². The van der Waals surface area contributed by atoms with Gasteiger partial charge in [0.25, 0.3) is 0 Å². The normalized spacial score (nSPS) is 17.3. The van der Waals surface area contributed by atoms with E-state index in [1.165, 1.54) is 18.6 Å². The Hall–Kier alpha value is -1.13. The van der Waals surface area contributed by atoms with Gasteiger partial charge < -0.3 is 10.6 Å². The van der Waals surface area contributed by atoms with Gasteiger partial charge in [-0.2, -0.15) is 0 Å². The second kappa shape index (κ2) is 9.00. The molecule has 0 radical (unpaired) electrons. The van der Waals surface area contributed by atoms with Crippen molar-refractivity contribution in [1.29, 1.82) is 0 Å². The molecule has 0 aromatic heterocycles. The molecule has 1 aliphatic heterocycles. The molecule has 3 nitrogen and oxygen atoms in total. The summed E-state index contributed by atoms with van der Waals surface area (Å²) in [6.45, 7) is 4.64. The van der Waals surface area contributed by atoms with Crippen molar-refractivity contribution in [3.8, 4) is 0 Å². The Balaban J connectivity index is 0.00000220. The fourth-order valence-corrected chi connectivity index (χ4v) is 2.66. The van der Waals surface area contributed by atoms with Gasteiger partial charge in [0, 0.05) is 13.0 Å². The van der Waals surface area contributed by atoms with Crippen LogP contribution in [0.4, 0.5) is 4.39 Å². The van der Waals surface area contributed by atoms with Crippen molar-refractivity contribution in [2.75, 3.05) is 19.6 Å². The standard InChI is InChI=1S/C16H23FN2O.ClH/c1-12-10-15(17)4-3-14(12)7-9-19-16(20)5-2-13-6-8-18-11-13;/h3-4,10,13,18H,2,5-9,11H2,1H3,(H,19,20);1H. The molecule has 0 spiro atoms. The maximum atomic E-state index is 13.0. The highest BCUT2D eigenvalue weighted by Gasteiger charge is 2.15. The number of benzene rings is 1. The van der Waals surface area contributed by atoms with Gasteiger partial charge in [-0.1, -0.05) is 6.07 Å². The topological polar surface area (TPSA) is 41.1 Å².